The Morgan fingerprint density at radius 3 is 2.75 bits per heavy atom. The van der Waals surface area contributed by atoms with E-state index >= 15 is 0 Å². The largest absolute Gasteiger partial charge is 0.459 e. The van der Waals surface area contributed by atoms with E-state index in [9.17, 15) is 0 Å². The van der Waals surface area contributed by atoms with Crippen molar-refractivity contribution in [1.82, 2.24) is 24.6 Å². The second-order valence-electron chi connectivity index (χ2n) is 5.73. The Labute approximate surface area is 138 Å². The smallest absolute Gasteiger partial charge is 0.283 e. The van der Waals surface area contributed by atoms with Gasteiger partial charge in [0.2, 0.25) is 5.89 Å². The van der Waals surface area contributed by atoms with Gasteiger partial charge in [-0.3, -0.25) is 4.90 Å². The molecule has 0 saturated carbocycles. The Balaban J connectivity index is 1.48. The fourth-order valence-corrected chi connectivity index (χ4v) is 2.68. The maximum Gasteiger partial charge on any atom is 0.283 e. The molecule has 0 aliphatic heterocycles. The highest BCUT2D eigenvalue weighted by Crippen LogP contribution is 2.19. The summed E-state index contributed by atoms with van der Waals surface area (Å²) in [6.45, 7) is 1.22. The molecule has 3 heterocycles. The molecule has 0 aliphatic rings. The molecule has 0 atom stereocenters. The average Bonchev–Trinajstić information content (AvgIpc) is 3.29. The Bertz CT molecular complexity index is 955. The number of imidazole rings is 1. The van der Waals surface area contributed by atoms with E-state index in [0.717, 1.165) is 16.9 Å². The minimum Gasteiger partial charge on any atom is -0.459 e. The second kappa shape index (κ2) is 5.93. The number of benzene rings is 1. The lowest BCUT2D eigenvalue weighted by molar-refractivity contribution is 0.274. The first kappa shape index (κ1) is 14.6. The van der Waals surface area contributed by atoms with Crippen LogP contribution in [0, 0.1) is 0 Å². The van der Waals surface area contributed by atoms with Crippen molar-refractivity contribution in [2.75, 3.05) is 7.05 Å². The van der Waals surface area contributed by atoms with Gasteiger partial charge < -0.3 is 13.4 Å². The molecule has 0 aliphatic carbocycles. The zero-order chi connectivity index (χ0) is 16.5. The maximum absolute atomic E-state index is 5.64. The van der Waals surface area contributed by atoms with Crippen molar-refractivity contribution >= 4 is 11.0 Å². The quantitative estimate of drug-likeness (QED) is 0.562. The molecule has 3 aromatic heterocycles. The summed E-state index contributed by atoms with van der Waals surface area (Å²) in [5.74, 6) is 2.50. The normalized spacial score (nSPS) is 11.6. The summed E-state index contributed by atoms with van der Waals surface area (Å²) in [5, 5.41) is 8.09. The average molecular weight is 323 g/mol. The molecule has 24 heavy (non-hydrogen) atoms. The van der Waals surface area contributed by atoms with Crippen molar-refractivity contribution in [3.8, 4) is 11.7 Å². The number of rotatable bonds is 5. The van der Waals surface area contributed by atoms with Gasteiger partial charge in [0.25, 0.3) is 5.89 Å². The molecule has 1 aromatic carbocycles. The van der Waals surface area contributed by atoms with Crippen molar-refractivity contribution in [1.29, 1.82) is 0 Å². The third kappa shape index (κ3) is 2.69. The fraction of sp³-hybridized carbons (Fsp3) is 0.235. The number of hydrogen-bond acceptors (Lipinski definition) is 6. The lowest BCUT2D eigenvalue weighted by Gasteiger charge is -2.13. The number of nitrogens with zero attached hydrogens (tertiary/aromatic N) is 5. The van der Waals surface area contributed by atoms with Crippen LogP contribution < -0.4 is 0 Å². The van der Waals surface area contributed by atoms with E-state index in [-0.39, 0.29) is 0 Å². The van der Waals surface area contributed by atoms with Gasteiger partial charge in [-0.15, -0.1) is 10.2 Å². The zero-order valence-electron chi connectivity index (χ0n) is 13.5. The first-order valence-corrected chi connectivity index (χ1v) is 7.66. The number of aromatic nitrogens is 4. The second-order valence-corrected chi connectivity index (χ2v) is 5.73. The van der Waals surface area contributed by atoms with Gasteiger partial charge >= 0.3 is 0 Å². The van der Waals surface area contributed by atoms with Crippen LogP contribution in [0.1, 0.15) is 11.7 Å². The van der Waals surface area contributed by atoms with E-state index in [1.54, 1.807) is 18.4 Å². The highest BCUT2D eigenvalue weighted by molar-refractivity contribution is 5.75. The van der Waals surface area contributed by atoms with Crippen molar-refractivity contribution in [2.24, 2.45) is 7.05 Å². The molecule has 0 spiro atoms. The lowest BCUT2D eigenvalue weighted by atomic mass is 10.3. The summed E-state index contributed by atoms with van der Waals surface area (Å²) < 4.78 is 13.0. The predicted molar refractivity (Wildman–Crippen MR) is 87.9 cm³/mol. The van der Waals surface area contributed by atoms with E-state index in [2.05, 4.69) is 30.7 Å². The third-order valence-corrected chi connectivity index (χ3v) is 3.90. The molecule has 0 saturated heterocycles. The van der Waals surface area contributed by atoms with Gasteiger partial charge in [0.05, 0.1) is 30.4 Å². The monoisotopic (exact) mass is 323 g/mol. The minimum atomic E-state index is 0.395. The summed E-state index contributed by atoms with van der Waals surface area (Å²) in [6, 6.07) is 11.7. The summed E-state index contributed by atoms with van der Waals surface area (Å²) in [6.07, 6.45) is 1.58. The zero-order valence-corrected chi connectivity index (χ0v) is 13.5. The van der Waals surface area contributed by atoms with Crippen LogP contribution in [-0.2, 0) is 20.1 Å². The first-order chi connectivity index (χ1) is 11.7. The van der Waals surface area contributed by atoms with E-state index in [4.69, 9.17) is 8.83 Å². The molecule has 0 bridgehead atoms. The number of fused-ring (bicyclic) bond motifs is 1. The van der Waals surface area contributed by atoms with Crippen LogP contribution >= 0.6 is 0 Å². The van der Waals surface area contributed by atoms with Crippen LogP contribution in [0.4, 0.5) is 0 Å². The molecule has 0 N–H and O–H groups in total. The molecule has 0 amide bonds. The summed E-state index contributed by atoms with van der Waals surface area (Å²) in [5.41, 5.74) is 2.13. The van der Waals surface area contributed by atoms with Gasteiger partial charge in [0, 0.05) is 7.05 Å². The predicted octanol–water partition coefficient (Wildman–Crippen LogP) is 2.85. The van der Waals surface area contributed by atoms with E-state index in [1.165, 1.54) is 0 Å². The Hall–Kier alpha value is -2.93. The van der Waals surface area contributed by atoms with Crippen LogP contribution in [-0.4, -0.2) is 31.7 Å². The number of hydrogen-bond donors (Lipinski definition) is 0. The van der Waals surface area contributed by atoms with Gasteiger partial charge in [0.15, 0.2) is 5.76 Å². The molecular formula is C17H17N5O2. The lowest BCUT2D eigenvalue weighted by Crippen LogP contribution is -2.19. The third-order valence-electron chi connectivity index (χ3n) is 3.90. The first-order valence-electron chi connectivity index (χ1n) is 7.66. The topological polar surface area (TPSA) is 73.1 Å². The summed E-state index contributed by atoms with van der Waals surface area (Å²) >= 11 is 0. The fourth-order valence-electron chi connectivity index (χ4n) is 2.68. The molecule has 4 rings (SSSR count). The molecule has 122 valence electrons. The van der Waals surface area contributed by atoms with Crippen LogP contribution in [0.3, 0.4) is 0 Å². The molecule has 4 aromatic rings. The molecule has 0 unspecified atom stereocenters. The molecule has 0 fully saturated rings. The minimum absolute atomic E-state index is 0.395. The van der Waals surface area contributed by atoms with Gasteiger partial charge in [-0.05, 0) is 31.3 Å². The van der Waals surface area contributed by atoms with Crippen LogP contribution in [0.2, 0.25) is 0 Å². The Morgan fingerprint density at radius 2 is 1.96 bits per heavy atom. The standard InChI is InChI=1S/C17H17N5O2/c1-21(10-15-18-12-6-3-4-7-13(12)22(15)2)11-16-19-20-17(24-16)14-8-5-9-23-14/h3-9H,10-11H2,1-2H3. The molecule has 0 radical (unpaired) electrons. The van der Waals surface area contributed by atoms with Crippen LogP contribution in [0.25, 0.3) is 22.7 Å². The van der Waals surface area contributed by atoms with Crippen molar-refractivity contribution in [3.05, 3.63) is 54.4 Å². The summed E-state index contributed by atoms with van der Waals surface area (Å²) in [7, 11) is 4.02. The number of para-hydroxylation sites is 2. The van der Waals surface area contributed by atoms with E-state index in [0.29, 0.717) is 30.6 Å². The molecule has 7 heteroatoms. The number of furan rings is 1. The van der Waals surface area contributed by atoms with Crippen molar-refractivity contribution in [3.63, 3.8) is 0 Å². The maximum atomic E-state index is 5.64. The SMILES string of the molecule is CN(Cc1nnc(-c2ccco2)o1)Cc1nc2ccccc2n1C. The van der Waals surface area contributed by atoms with Gasteiger partial charge in [-0.1, -0.05) is 12.1 Å². The molecule has 7 nitrogen and oxygen atoms in total. The van der Waals surface area contributed by atoms with Gasteiger partial charge in [0.1, 0.15) is 5.82 Å². The summed E-state index contributed by atoms with van der Waals surface area (Å²) in [4.78, 5) is 6.76. The highest BCUT2D eigenvalue weighted by atomic mass is 16.4. The number of aryl methyl sites for hydroxylation is 1. The van der Waals surface area contributed by atoms with Gasteiger partial charge in [-0.2, -0.15) is 0 Å². The van der Waals surface area contributed by atoms with Crippen molar-refractivity contribution in [2.45, 2.75) is 13.1 Å². The van der Waals surface area contributed by atoms with E-state index in [1.807, 2.05) is 32.3 Å². The van der Waals surface area contributed by atoms with Gasteiger partial charge in [-0.25, -0.2) is 4.98 Å². The Kier molecular flexibility index (Phi) is 3.62. The Morgan fingerprint density at radius 1 is 1.08 bits per heavy atom. The van der Waals surface area contributed by atoms with E-state index < -0.39 is 0 Å². The van der Waals surface area contributed by atoms with Crippen LogP contribution in [0.15, 0.2) is 51.5 Å². The van der Waals surface area contributed by atoms with Crippen LogP contribution in [0.5, 0.6) is 0 Å². The molecular weight excluding hydrogens is 306 g/mol. The van der Waals surface area contributed by atoms with Crippen molar-refractivity contribution < 1.29 is 8.83 Å². The highest BCUT2D eigenvalue weighted by Gasteiger charge is 2.14.